The van der Waals surface area contributed by atoms with Crippen molar-refractivity contribution < 1.29 is 14.7 Å². The van der Waals surface area contributed by atoms with Crippen LogP contribution in [0.1, 0.15) is 50.6 Å². The molecule has 1 amide bonds. The van der Waals surface area contributed by atoms with Gasteiger partial charge in [0.25, 0.3) is 0 Å². The van der Waals surface area contributed by atoms with Gasteiger partial charge in [-0.2, -0.15) is 5.10 Å². The van der Waals surface area contributed by atoms with Crippen molar-refractivity contribution in [2.45, 2.75) is 66.5 Å². The fraction of sp³-hybridized carbons (Fsp3) is 0.688. The zero-order valence-corrected chi connectivity index (χ0v) is 14.1. The number of carboxylic acid groups (broad SMARTS) is 1. The molecule has 0 bridgehead atoms. The van der Waals surface area contributed by atoms with Crippen LogP contribution < -0.4 is 5.32 Å². The average molecular weight is 309 g/mol. The van der Waals surface area contributed by atoms with Gasteiger partial charge in [0.2, 0.25) is 5.91 Å². The Kier molecular flexibility index (Phi) is 6.59. The molecule has 124 valence electrons. The van der Waals surface area contributed by atoms with E-state index in [9.17, 15) is 9.59 Å². The van der Waals surface area contributed by atoms with Gasteiger partial charge in [0.15, 0.2) is 0 Å². The summed E-state index contributed by atoms with van der Waals surface area (Å²) in [4.78, 5) is 22.6. The van der Waals surface area contributed by atoms with Gasteiger partial charge in [-0.05, 0) is 33.1 Å². The van der Waals surface area contributed by atoms with Crippen molar-refractivity contribution in [3.63, 3.8) is 0 Å². The molecule has 22 heavy (non-hydrogen) atoms. The third kappa shape index (κ3) is 5.50. The van der Waals surface area contributed by atoms with Crippen molar-refractivity contribution in [3.05, 3.63) is 17.0 Å². The first-order valence-corrected chi connectivity index (χ1v) is 7.74. The van der Waals surface area contributed by atoms with Crippen LogP contribution in [0.2, 0.25) is 0 Å². The Balaban J connectivity index is 2.64. The largest absolute Gasteiger partial charge is 0.481 e. The van der Waals surface area contributed by atoms with E-state index in [1.807, 2.05) is 25.5 Å². The van der Waals surface area contributed by atoms with Gasteiger partial charge >= 0.3 is 5.97 Å². The number of aryl methyl sites for hydroxylation is 1. The number of aromatic nitrogens is 2. The van der Waals surface area contributed by atoms with Crippen molar-refractivity contribution in [2.24, 2.45) is 5.92 Å². The van der Waals surface area contributed by atoms with Crippen LogP contribution in [0.3, 0.4) is 0 Å². The van der Waals surface area contributed by atoms with E-state index < -0.39 is 5.97 Å². The van der Waals surface area contributed by atoms with Crippen LogP contribution in [-0.4, -0.2) is 32.8 Å². The van der Waals surface area contributed by atoms with Gasteiger partial charge in [-0.15, -0.1) is 0 Å². The summed E-state index contributed by atoms with van der Waals surface area (Å²) in [5.74, 6) is -0.438. The van der Waals surface area contributed by atoms with Crippen molar-refractivity contribution in [2.75, 3.05) is 0 Å². The first kappa shape index (κ1) is 18.2. The second-order valence-electron chi connectivity index (χ2n) is 6.30. The molecular weight excluding hydrogens is 282 g/mol. The summed E-state index contributed by atoms with van der Waals surface area (Å²) in [5, 5.41) is 16.0. The first-order chi connectivity index (χ1) is 10.2. The van der Waals surface area contributed by atoms with E-state index in [2.05, 4.69) is 24.3 Å². The van der Waals surface area contributed by atoms with E-state index in [0.717, 1.165) is 23.5 Å². The topological polar surface area (TPSA) is 84.2 Å². The number of hydrogen-bond donors (Lipinski definition) is 2. The number of carbonyl (C=O) groups is 2. The third-order valence-corrected chi connectivity index (χ3v) is 3.61. The van der Waals surface area contributed by atoms with E-state index >= 15 is 0 Å². The standard InChI is InChI=1S/C16H27N3O3/c1-10(2)9-19-13(5)14(12(4)18-19)8-15(20)17-11(3)6-7-16(21)22/h10-11H,6-9H2,1-5H3,(H,17,20)(H,21,22). The summed E-state index contributed by atoms with van der Waals surface area (Å²) in [6.07, 6.45) is 0.782. The van der Waals surface area contributed by atoms with Crippen molar-refractivity contribution in [1.29, 1.82) is 0 Å². The maximum absolute atomic E-state index is 12.1. The maximum atomic E-state index is 12.1. The number of nitrogens with one attached hydrogen (secondary N) is 1. The fourth-order valence-corrected chi connectivity index (χ4v) is 2.41. The lowest BCUT2D eigenvalue weighted by Gasteiger charge is -2.13. The van der Waals surface area contributed by atoms with Gasteiger partial charge in [0.1, 0.15) is 0 Å². The van der Waals surface area contributed by atoms with Gasteiger partial charge in [0, 0.05) is 30.3 Å². The summed E-state index contributed by atoms with van der Waals surface area (Å²) in [6, 6.07) is -0.144. The smallest absolute Gasteiger partial charge is 0.303 e. The minimum atomic E-state index is -0.845. The molecule has 6 heteroatoms. The molecule has 1 unspecified atom stereocenters. The molecule has 0 aliphatic heterocycles. The first-order valence-electron chi connectivity index (χ1n) is 7.74. The Bertz CT molecular complexity index is 535. The molecule has 1 aromatic rings. The quantitative estimate of drug-likeness (QED) is 0.770. The lowest BCUT2D eigenvalue weighted by atomic mass is 10.1. The molecular formula is C16H27N3O3. The Morgan fingerprint density at radius 3 is 2.45 bits per heavy atom. The van der Waals surface area contributed by atoms with Crippen LogP contribution in [0.4, 0.5) is 0 Å². The molecule has 1 atom stereocenters. The molecule has 0 aliphatic rings. The maximum Gasteiger partial charge on any atom is 0.303 e. The predicted octanol–water partition coefficient (Wildman–Crippen LogP) is 2.07. The molecule has 0 aliphatic carbocycles. The lowest BCUT2D eigenvalue weighted by Crippen LogP contribution is -2.34. The number of nitrogens with zero attached hydrogens (tertiary/aromatic N) is 2. The number of aliphatic carboxylic acids is 1. The normalized spacial score (nSPS) is 12.5. The van der Waals surface area contributed by atoms with Crippen LogP contribution >= 0.6 is 0 Å². The van der Waals surface area contributed by atoms with Crippen LogP contribution in [0, 0.1) is 19.8 Å². The van der Waals surface area contributed by atoms with E-state index in [-0.39, 0.29) is 24.8 Å². The van der Waals surface area contributed by atoms with Gasteiger partial charge in [0.05, 0.1) is 12.1 Å². The Hall–Kier alpha value is -1.85. The van der Waals surface area contributed by atoms with Crippen LogP contribution in [0.5, 0.6) is 0 Å². The minimum absolute atomic E-state index is 0.0613. The molecule has 0 saturated carbocycles. The number of carboxylic acids is 1. The van der Waals surface area contributed by atoms with Gasteiger partial charge in [-0.1, -0.05) is 13.8 Å². The monoisotopic (exact) mass is 309 g/mol. The molecule has 6 nitrogen and oxygen atoms in total. The van der Waals surface area contributed by atoms with Crippen LogP contribution in [0.15, 0.2) is 0 Å². The SMILES string of the molecule is Cc1nn(CC(C)C)c(C)c1CC(=O)NC(C)CCC(=O)O. The Morgan fingerprint density at radius 1 is 1.27 bits per heavy atom. The third-order valence-electron chi connectivity index (χ3n) is 3.61. The Morgan fingerprint density at radius 2 is 1.91 bits per heavy atom. The van der Waals surface area contributed by atoms with Gasteiger partial charge in [-0.3, -0.25) is 14.3 Å². The Labute approximate surface area is 131 Å². The molecule has 1 heterocycles. The highest BCUT2D eigenvalue weighted by Gasteiger charge is 2.17. The lowest BCUT2D eigenvalue weighted by molar-refractivity contribution is -0.137. The van der Waals surface area contributed by atoms with Gasteiger partial charge in [-0.25, -0.2) is 0 Å². The second kappa shape index (κ2) is 7.96. The summed E-state index contributed by atoms with van der Waals surface area (Å²) >= 11 is 0. The molecule has 0 spiro atoms. The number of carbonyl (C=O) groups excluding carboxylic acids is 1. The summed E-state index contributed by atoms with van der Waals surface area (Å²) in [7, 11) is 0. The number of amides is 1. The van der Waals surface area contributed by atoms with Crippen molar-refractivity contribution in [1.82, 2.24) is 15.1 Å². The molecule has 0 radical (unpaired) electrons. The van der Waals surface area contributed by atoms with Crippen molar-refractivity contribution in [3.8, 4) is 0 Å². The number of rotatable bonds is 8. The second-order valence-corrected chi connectivity index (χ2v) is 6.30. The van der Waals surface area contributed by atoms with Crippen LogP contribution in [-0.2, 0) is 22.6 Å². The highest BCUT2D eigenvalue weighted by atomic mass is 16.4. The van der Waals surface area contributed by atoms with E-state index in [4.69, 9.17) is 5.11 Å². The summed E-state index contributed by atoms with van der Waals surface area (Å²) in [5.41, 5.74) is 2.87. The molecule has 1 rings (SSSR count). The van der Waals surface area contributed by atoms with Gasteiger partial charge < -0.3 is 10.4 Å². The highest BCUT2D eigenvalue weighted by molar-refractivity contribution is 5.79. The molecule has 0 saturated heterocycles. The minimum Gasteiger partial charge on any atom is -0.481 e. The average Bonchev–Trinajstić information content (AvgIpc) is 2.63. The summed E-state index contributed by atoms with van der Waals surface area (Å²) in [6.45, 7) is 10.8. The van der Waals surface area contributed by atoms with E-state index in [0.29, 0.717) is 12.3 Å². The van der Waals surface area contributed by atoms with Crippen molar-refractivity contribution >= 4 is 11.9 Å². The molecule has 2 N–H and O–H groups in total. The predicted molar refractivity (Wildman–Crippen MR) is 84.7 cm³/mol. The van der Waals surface area contributed by atoms with E-state index in [1.165, 1.54) is 0 Å². The molecule has 0 aromatic carbocycles. The van der Waals surface area contributed by atoms with Crippen LogP contribution in [0.25, 0.3) is 0 Å². The highest BCUT2D eigenvalue weighted by Crippen LogP contribution is 2.15. The zero-order chi connectivity index (χ0) is 16.9. The number of hydrogen-bond acceptors (Lipinski definition) is 3. The van der Waals surface area contributed by atoms with E-state index in [1.54, 1.807) is 0 Å². The fourth-order valence-electron chi connectivity index (χ4n) is 2.41. The summed E-state index contributed by atoms with van der Waals surface area (Å²) < 4.78 is 1.95. The molecule has 1 aromatic heterocycles. The molecule has 0 fully saturated rings. The zero-order valence-electron chi connectivity index (χ0n) is 14.1.